The minimum Gasteiger partial charge on any atom is -0.495 e. The highest BCUT2D eigenvalue weighted by molar-refractivity contribution is 5.95. The van der Waals surface area contributed by atoms with Crippen molar-refractivity contribution in [3.05, 3.63) is 83.2 Å². The van der Waals surface area contributed by atoms with Crippen molar-refractivity contribution in [2.75, 3.05) is 19.0 Å². The second-order valence-electron chi connectivity index (χ2n) is 9.74. The van der Waals surface area contributed by atoms with Gasteiger partial charge in [-0.1, -0.05) is 58.6 Å². The van der Waals surface area contributed by atoms with Crippen molar-refractivity contribution >= 4 is 17.8 Å². The molecule has 0 heterocycles. The number of benzene rings is 1. The zero-order chi connectivity index (χ0) is 28.9. The van der Waals surface area contributed by atoms with Crippen LogP contribution in [-0.2, 0) is 4.74 Å². The number of carbonyl (C=O) groups is 1. The van der Waals surface area contributed by atoms with E-state index in [9.17, 15) is 9.18 Å². The van der Waals surface area contributed by atoms with Gasteiger partial charge in [-0.15, -0.1) is 0 Å². The Bertz CT molecular complexity index is 1160. The average molecular weight is 538 g/mol. The number of halogens is 1. The van der Waals surface area contributed by atoms with Gasteiger partial charge in [0, 0.05) is 37.2 Å². The quantitative estimate of drug-likeness (QED) is 0.187. The van der Waals surface area contributed by atoms with E-state index in [1.165, 1.54) is 30.4 Å². The zero-order valence-corrected chi connectivity index (χ0v) is 24.3. The van der Waals surface area contributed by atoms with E-state index in [2.05, 4.69) is 48.7 Å². The lowest BCUT2D eigenvalue weighted by atomic mass is 10.1. The van der Waals surface area contributed by atoms with Crippen LogP contribution in [0.5, 0.6) is 5.75 Å². The highest BCUT2D eigenvalue weighted by Crippen LogP contribution is 2.34. The molecule has 0 radical (unpaired) electrons. The second-order valence-corrected chi connectivity index (χ2v) is 9.74. The fourth-order valence-electron chi connectivity index (χ4n) is 4.35. The molecular formula is C32H44FN3O3. The van der Waals surface area contributed by atoms with Crippen molar-refractivity contribution in [2.45, 2.75) is 72.8 Å². The molecule has 1 amide bonds. The van der Waals surface area contributed by atoms with Crippen LogP contribution in [-0.4, -0.2) is 31.9 Å². The summed E-state index contributed by atoms with van der Waals surface area (Å²) in [6, 6.07) is 2.61. The Hall–Kier alpha value is -3.61. The molecule has 1 aromatic carbocycles. The third-order valence-corrected chi connectivity index (χ3v) is 6.96. The number of hydrogen-bond acceptors (Lipinski definition) is 5. The molecule has 1 aliphatic carbocycles. The van der Waals surface area contributed by atoms with Crippen LogP contribution in [0.15, 0.2) is 76.8 Å². The SMILES string of the molecule is C=C/C=C1/C[C@H](O/C(C)=C(/C=N\C(=C)Nc2cc(F)c(C(=O)NCC[C@H](C)CC)cc2OC)CC)C/C1=C/C. The van der Waals surface area contributed by atoms with Crippen LogP contribution >= 0.6 is 0 Å². The van der Waals surface area contributed by atoms with Gasteiger partial charge >= 0.3 is 0 Å². The normalized spacial score (nSPS) is 18.7. The molecule has 1 saturated carbocycles. The number of nitrogens with one attached hydrogen (secondary N) is 2. The minimum atomic E-state index is -0.656. The second kappa shape index (κ2) is 15.7. The Labute approximate surface area is 233 Å². The third-order valence-electron chi connectivity index (χ3n) is 6.96. The van der Waals surface area contributed by atoms with Gasteiger partial charge in [0.1, 0.15) is 23.5 Å². The van der Waals surface area contributed by atoms with E-state index in [1.54, 1.807) is 6.21 Å². The molecular weight excluding hydrogens is 493 g/mol. The average Bonchev–Trinajstić information content (AvgIpc) is 3.30. The van der Waals surface area contributed by atoms with Crippen molar-refractivity contribution in [1.82, 2.24) is 5.32 Å². The van der Waals surface area contributed by atoms with E-state index in [4.69, 9.17) is 9.47 Å². The van der Waals surface area contributed by atoms with E-state index >= 15 is 0 Å². The maximum absolute atomic E-state index is 14.9. The van der Waals surface area contributed by atoms with Gasteiger partial charge in [-0.2, -0.15) is 0 Å². The van der Waals surface area contributed by atoms with Crippen LogP contribution in [0.3, 0.4) is 0 Å². The van der Waals surface area contributed by atoms with Crippen LogP contribution in [0.1, 0.15) is 77.1 Å². The van der Waals surface area contributed by atoms with Gasteiger partial charge in [-0.05, 0) is 49.8 Å². The van der Waals surface area contributed by atoms with Crippen LogP contribution in [0.4, 0.5) is 10.1 Å². The number of anilines is 1. The summed E-state index contributed by atoms with van der Waals surface area (Å²) in [5, 5.41) is 5.76. The number of carbonyl (C=O) groups excluding carboxylic acids is 1. The first-order valence-corrected chi connectivity index (χ1v) is 13.7. The van der Waals surface area contributed by atoms with Crippen molar-refractivity contribution in [3.8, 4) is 5.75 Å². The summed E-state index contributed by atoms with van der Waals surface area (Å²) in [7, 11) is 1.46. The Kier molecular flexibility index (Phi) is 12.7. The summed E-state index contributed by atoms with van der Waals surface area (Å²) in [4.78, 5) is 17.0. The summed E-state index contributed by atoms with van der Waals surface area (Å²) in [6.07, 6.45) is 12.0. The maximum Gasteiger partial charge on any atom is 0.254 e. The first kappa shape index (κ1) is 31.6. The largest absolute Gasteiger partial charge is 0.495 e. The van der Waals surface area contributed by atoms with E-state index in [0.717, 1.165) is 43.4 Å². The molecule has 212 valence electrons. The van der Waals surface area contributed by atoms with Gasteiger partial charge in [-0.3, -0.25) is 4.79 Å². The number of methoxy groups -OCH3 is 1. The lowest BCUT2D eigenvalue weighted by Gasteiger charge is -2.16. The predicted octanol–water partition coefficient (Wildman–Crippen LogP) is 7.88. The highest BCUT2D eigenvalue weighted by atomic mass is 19.1. The Balaban J connectivity index is 2.09. The maximum atomic E-state index is 14.9. The van der Waals surface area contributed by atoms with Crippen molar-refractivity contribution < 1.29 is 18.7 Å². The van der Waals surface area contributed by atoms with E-state index in [1.807, 2.05) is 32.9 Å². The molecule has 1 aromatic rings. The topological polar surface area (TPSA) is 72.0 Å². The molecule has 0 bridgehead atoms. The molecule has 0 unspecified atom stereocenters. The summed E-state index contributed by atoms with van der Waals surface area (Å²) < 4.78 is 26.5. The number of hydrogen-bond donors (Lipinski definition) is 2. The first-order chi connectivity index (χ1) is 18.7. The predicted molar refractivity (Wildman–Crippen MR) is 160 cm³/mol. The molecule has 0 spiro atoms. The lowest BCUT2D eigenvalue weighted by molar-refractivity contribution is 0.0947. The smallest absolute Gasteiger partial charge is 0.254 e. The van der Waals surface area contributed by atoms with Crippen LogP contribution in [0, 0.1) is 11.7 Å². The number of allylic oxidation sites excluding steroid dienone is 5. The molecule has 1 aliphatic rings. The van der Waals surface area contributed by atoms with Gasteiger partial charge in [0.15, 0.2) is 0 Å². The zero-order valence-electron chi connectivity index (χ0n) is 24.3. The van der Waals surface area contributed by atoms with Crippen LogP contribution in [0.2, 0.25) is 0 Å². The molecule has 6 nitrogen and oxygen atoms in total. The molecule has 1 fully saturated rings. The van der Waals surface area contributed by atoms with E-state index in [-0.39, 0.29) is 11.7 Å². The molecule has 2 rings (SSSR count). The van der Waals surface area contributed by atoms with Crippen molar-refractivity contribution in [1.29, 1.82) is 0 Å². The molecule has 0 saturated heterocycles. The monoisotopic (exact) mass is 537 g/mol. The highest BCUT2D eigenvalue weighted by Gasteiger charge is 2.25. The molecule has 0 aliphatic heterocycles. The fourth-order valence-corrected chi connectivity index (χ4v) is 4.35. The van der Waals surface area contributed by atoms with Gasteiger partial charge < -0.3 is 20.1 Å². The summed E-state index contributed by atoms with van der Waals surface area (Å²) >= 11 is 0. The summed E-state index contributed by atoms with van der Waals surface area (Å²) in [5.41, 5.74) is 3.73. The summed E-state index contributed by atoms with van der Waals surface area (Å²) in [5.74, 6) is 0.780. The molecule has 2 atom stereocenters. The van der Waals surface area contributed by atoms with Gasteiger partial charge in [0.05, 0.1) is 24.1 Å². The van der Waals surface area contributed by atoms with Crippen molar-refractivity contribution in [3.63, 3.8) is 0 Å². The van der Waals surface area contributed by atoms with Gasteiger partial charge in [-0.25, -0.2) is 9.38 Å². The number of ether oxygens (including phenoxy) is 2. The minimum absolute atomic E-state index is 0.0664. The number of nitrogens with zero attached hydrogens (tertiary/aromatic N) is 1. The van der Waals surface area contributed by atoms with Crippen LogP contribution < -0.4 is 15.4 Å². The Morgan fingerprint density at radius 1 is 1.28 bits per heavy atom. The molecule has 0 aromatic heterocycles. The first-order valence-electron chi connectivity index (χ1n) is 13.7. The molecule has 39 heavy (non-hydrogen) atoms. The van der Waals surface area contributed by atoms with Crippen LogP contribution in [0.25, 0.3) is 0 Å². The number of rotatable bonds is 14. The number of amides is 1. The fraction of sp³-hybridized carbons (Fsp3) is 0.438. The van der Waals surface area contributed by atoms with Gasteiger partial charge in [0.2, 0.25) is 0 Å². The standard InChI is InChI=1S/C32H44FN3O3/c1-9-13-26-17-27(16-24(26)11-3)39-22(6)25(12-4)20-35-23(7)36-30-19-29(33)28(18-31(30)38-8)32(37)34-15-14-21(5)10-2/h9,11,13,18-21,27,36H,1,7,10,12,14-17H2,2-6,8H3,(H,34,37)/b24-11-,25-22+,26-13-,35-20-/t21-,27-/m1/s1. The summed E-state index contributed by atoms with van der Waals surface area (Å²) in [6.45, 7) is 18.5. The Morgan fingerprint density at radius 3 is 2.62 bits per heavy atom. The number of aliphatic imine (C=N–C) groups is 1. The van der Waals surface area contributed by atoms with Crippen molar-refractivity contribution in [2.24, 2.45) is 10.9 Å². The lowest BCUT2D eigenvalue weighted by Crippen LogP contribution is -2.26. The third kappa shape index (κ3) is 9.27. The van der Waals surface area contributed by atoms with E-state index < -0.39 is 11.7 Å². The molecule has 7 heteroatoms. The Morgan fingerprint density at radius 2 is 2.00 bits per heavy atom. The molecule has 2 N–H and O–H groups in total. The van der Waals surface area contributed by atoms with Gasteiger partial charge in [0.25, 0.3) is 5.91 Å². The van der Waals surface area contributed by atoms with E-state index in [0.29, 0.717) is 29.7 Å².